The standard InChI is InChI=1S/C18H26N4/c1-5-22(10-9-21(3)4)14-16-12-19-18(20-13-16)17-8-6-7-15(2)11-17/h6-8,11-13H,5,9-10,14H2,1-4H3. The molecular weight excluding hydrogens is 272 g/mol. The molecule has 0 atom stereocenters. The molecule has 22 heavy (non-hydrogen) atoms. The van der Waals surface area contributed by atoms with Gasteiger partial charge in [0.2, 0.25) is 0 Å². The van der Waals surface area contributed by atoms with Crippen LogP contribution < -0.4 is 0 Å². The Morgan fingerprint density at radius 2 is 1.77 bits per heavy atom. The van der Waals surface area contributed by atoms with E-state index in [-0.39, 0.29) is 0 Å². The molecule has 4 heteroatoms. The van der Waals surface area contributed by atoms with E-state index in [1.165, 1.54) is 5.56 Å². The molecule has 1 heterocycles. The summed E-state index contributed by atoms with van der Waals surface area (Å²) < 4.78 is 0. The van der Waals surface area contributed by atoms with E-state index in [9.17, 15) is 0 Å². The average molecular weight is 298 g/mol. The van der Waals surface area contributed by atoms with Gasteiger partial charge in [0, 0.05) is 43.2 Å². The SMILES string of the molecule is CCN(CCN(C)C)Cc1cnc(-c2cccc(C)c2)nc1. The van der Waals surface area contributed by atoms with Gasteiger partial charge in [0.1, 0.15) is 0 Å². The first-order valence-electron chi connectivity index (χ1n) is 7.83. The van der Waals surface area contributed by atoms with Gasteiger partial charge in [-0.15, -0.1) is 0 Å². The van der Waals surface area contributed by atoms with Crippen LogP contribution in [0.5, 0.6) is 0 Å². The Morgan fingerprint density at radius 1 is 1.05 bits per heavy atom. The lowest BCUT2D eigenvalue weighted by Gasteiger charge is -2.22. The highest BCUT2D eigenvalue weighted by atomic mass is 15.2. The summed E-state index contributed by atoms with van der Waals surface area (Å²) in [6.45, 7) is 8.34. The number of benzene rings is 1. The monoisotopic (exact) mass is 298 g/mol. The Kier molecular flexibility index (Phi) is 6.04. The predicted molar refractivity (Wildman–Crippen MR) is 91.7 cm³/mol. The smallest absolute Gasteiger partial charge is 0.159 e. The van der Waals surface area contributed by atoms with E-state index in [1.54, 1.807) is 0 Å². The Balaban J connectivity index is 2.02. The van der Waals surface area contributed by atoms with Gasteiger partial charge < -0.3 is 4.90 Å². The van der Waals surface area contributed by atoms with Crippen LogP contribution in [0.25, 0.3) is 11.4 Å². The van der Waals surface area contributed by atoms with E-state index in [0.717, 1.165) is 43.1 Å². The Labute approximate surface area is 133 Å². The molecule has 0 bridgehead atoms. The molecule has 0 N–H and O–H groups in total. The molecule has 118 valence electrons. The van der Waals surface area contributed by atoms with Crippen molar-refractivity contribution in [3.05, 3.63) is 47.8 Å². The topological polar surface area (TPSA) is 32.3 Å². The molecule has 0 aliphatic heterocycles. The number of rotatable bonds is 7. The first kappa shape index (κ1) is 16.6. The summed E-state index contributed by atoms with van der Waals surface area (Å²) in [5.41, 5.74) is 3.47. The van der Waals surface area contributed by atoms with Gasteiger partial charge in [-0.3, -0.25) is 4.90 Å². The van der Waals surface area contributed by atoms with Gasteiger partial charge in [-0.05, 0) is 33.6 Å². The second kappa shape index (κ2) is 8.01. The van der Waals surface area contributed by atoms with Crippen LogP contribution in [-0.4, -0.2) is 53.5 Å². The van der Waals surface area contributed by atoms with Crippen LogP contribution in [0.3, 0.4) is 0 Å². The second-order valence-corrected chi connectivity index (χ2v) is 5.96. The van der Waals surface area contributed by atoms with Crippen LogP contribution in [0.4, 0.5) is 0 Å². The zero-order chi connectivity index (χ0) is 15.9. The molecule has 0 amide bonds. The van der Waals surface area contributed by atoms with E-state index in [4.69, 9.17) is 0 Å². The number of aromatic nitrogens is 2. The maximum atomic E-state index is 4.52. The number of hydrogen-bond donors (Lipinski definition) is 0. The number of aryl methyl sites for hydroxylation is 1. The Bertz CT molecular complexity index is 578. The minimum atomic E-state index is 0.795. The normalized spacial score (nSPS) is 11.4. The van der Waals surface area contributed by atoms with Gasteiger partial charge >= 0.3 is 0 Å². The lowest BCUT2D eigenvalue weighted by molar-refractivity contribution is 0.243. The van der Waals surface area contributed by atoms with Crippen molar-refractivity contribution in [3.63, 3.8) is 0 Å². The summed E-state index contributed by atoms with van der Waals surface area (Å²) in [5, 5.41) is 0. The van der Waals surface area contributed by atoms with Crippen molar-refractivity contribution < 1.29 is 0 Å². The number of hydrogen-bond acceptors (Lipinski definition) is 4. The zero-order valence-corrected chi connectivity index (χ0v) is 14.1. The molecule has 0 fully saturated rings. The van der Waals surface area contributed by atoms with Crippen LogP contribution in [-0.2, 0) is 6.54 Å². The fourth-order valence-electron chi connectivity index (χ4n) is 2.32. The number of nitrogens with zero attached hydrogens (tertiary/aromatic N) is 4. The summed E-state index contributed by atoms with van der Waals surface area (Å²) in [4.78, 5) is 13.7. The molecule has 0 saturated carbocycles. The average Bonchev–Trinajstić information content (AvgIpc) is 2.52. The largest absolute Gasteiger partial charge is 0.308 e. The quantitative estimate of drug-likeness (QED) is 0.787. The maximum Gasteiger partial charge on any atom is 0.159 e. The van der Waals surface area contributed by atoms with Crippen LogP contribution >= 0.6 is 0 Å². The fraction of sp³-hybridized carbons (Fsp3) is 0.444. The van der Waals surface area contributed by atoms with Gasteiger partial charge in [-0.1, -0.05) is 30.7 Å². The molecule has 0 spiro atoms. The molecule has 4 nitrogen and oxygen atoms in total. The molecule has 0 saturated heterocycles. The van der Waals surface area contributed by atoms with E-state index < -0.39 is 0 Å². The van der Waals surface area contributed by atoms with E-state index >= 15 is 0 Å². The molecule has 1 aromatic carbocycles. The fourth-order valence-corrected chi connectivity index (χ4v) is 2.32. The van der Waals surface area contributed by atoms with Crippen molar-refractivity contribution in [3.8, 4) is 11.4 Å². The van der Waals surface area contributed by atoms with E-state index in [1.807, 2.05) is 18.5 Å². The predicted octanol–water partition coefficient (Wildman–Crippen LogP) is 2.84. The molecule has 2 aromatic rings. The zero-order valence-electron chi connectivity index (χ0n) is 14.1. The van der Waals surface area contributed by atoms with Crippen molar-refractivity contribution in [1.29, 1.82) is 0 Å². The molecular formula is C18H26N4. The second-order valence-electron chi connectivity index (χ2n) is 5.96. The Morgan fingerprint density at radius 3 is 2.36 bits per heavy atom. The van der Waals surface area contributed by atoms with Gasteiger partial charge in [0.25, 0.3) is 0 Å². The minimum absolute atomic E-state index is 0.795. The maximum absolute atomic E-state index is 4.52. The van der Waals surface area contributed by atoms with Crippen molar-refractivity contribution in [2.75, 3.05) is 33.7 Å². The Hall–Kier alpha value is -1.78. The van der Waals surface area contributed by atoms with Crippen molar-refractivity contribution in [2.45, 2.75) is 20.4 Å². The van der Waals surface area contributed by atoms with Gasteiger partial charge in [0.05, 0.1) is 0 Å². The molecule has 0 radical (unpaired) electrons. The first-order valence-corrected chi connectivity index (χ1v) is 7.83. The molecule has 0 unspecified atom stereocenters. The van der Waals surface area contributed by atoms with Gasteiger partial charge in [0.15, 0.2) is 5.82 Å². The van der Waals surface area contributed by atoms with E-state index in [0.29, 0.717) is 0 Å². The third-order valence-corrected chi connectivity index (χ3v) is 3.70. The summed E-state index contributed by atoms with van der Waals surface area (Å²) in [6.07, 6.45) is 3.89. The lowest BCUT2D eigenvalue weighted by atomic mass is 10.1. The highest BCUT2D eigenvalue weighted by Gasteiger charge is 2.06. The van der Waals surface area contributed by atoms with Crippen LogP contribution in [0.1, 0.15) is 18.1 Å². The molecule has 2 rings (SSSR count). The van der Waals surface area contributed by atoms with Crippen LogP contribution in [0, 0.1) is 6.92 Å². The highest BCUT2D eigenvalue weighted by Crippen LogP contribution is 2.16. The summed E-state index contributed by atoms with van der Waals surface area (Å²) in [6, 6.07) is 8.30. The summed E-state index contributed by atoms with van der Waals surface area (Å²) in [5.74, 6) is 0.795. The van der Waals surface area contributed by atoms with Crippen molar-refractivity contribution in [2.24, 2.45) is 0 Å². The lowest BCUT2D eigenvalue weighted by Crippen LogP contribution is -2.31. The molecule has 1 aromatic heterocycles. The van der Waals surface area contributed by atoms with Crippen molar-refractivity contribution >= 4 is 0 Å². The van der Waals surface area contributed by atoms with Crippen LogP contribution in [0.2, 0.25) is 0 Å². The van der Waals surface area contributed by atoms with Crippen molar-refractivity contribution in [1.82, 2.24) is 19.8 Å². The molecule has 0 aliphatic carbocycles. The van der Waals surface area contributed by atoms with Gasteiger partial charge in [-0.25, -0.2) is 9.97 Å². The third-order valence-electron chi connectivity index (χ3n) is 3.70. The van der Waals surface area contributed by atoms with Crippen LogP contribution in [0.15, 0.2) is 36.7 Å². The molecule has 0 aliphatic rings. The minimum Gasteiger partial charge on any atom is -0.308 e. The number of likely N-dealkylation sites (N-methyl/N-ethyl adjacent to an activating group) is 2. The van der Waals surface area contributed by atoms with E-state index in [2.05, 4.69) is 65.9 Å². The first-order chi connectivity index (χ1) is 10.6. The van der Waals surface area contributed by atoms with Gasteiger partial charge in [-0.2, -0.15) is 0 Å². The summed E-state index contributed by atoms with van der Waals surface area (Å²) in [7, 11) is 4.21. The highest BCUT2D eigenvalue weighted by molar-refractivity contribution is 5.55. The third kappa shape index (κ3) is 4.90. The summed E-state index contributed by atoms with van der Waals surface area (Å²) >= 11 is 0.